The molecule has 4 rings (SSSR count). The van der Waals surface area contributed by atoms with Crippen LogP contribution in [0.25, 0.3) is 11.5 Å². The Balaban J connectivity index is 1.32. The van der Waals surface area contributed by atoms with Gasteiger partial charge in [0, 0.05) is 25.0 Å². The molecule has 0 saturated carbocycles. The zero-order chi connectivity index (χ0) is 22.6. The highest BCUT2D eigenvalue weighted by Gasteiger charge is 2.42. The monoisotopic (exact) mass is 437 g/mol. The second kappa shape index (κ2) is 9.44. The molecule has 0 bridgehead atoms. The maximum atomic E-state index is 11.7. The first-order chi connectivity index (χ1) is 15.5. The molecule has 1 atom stereocenters. The van der Waals surface area contributed by atoms with E-state index in [1.54, 1.807) is 7.11 Å². The van der Waals surface area contributed by atoms with Crippen LogP contribution < -0.4 is 9.47 Å². The minimum absolute atomic E-state index is 0.356. The number of rotatable bonds is 9. The van der Waals surface area contributed by atoms with Crippen molar-refractivity contribution in [1.29, 1.82) is 0 Å². The van der Waals surface area contributed by atoms with Gasteiger partial charge in [-0.15, -0.1) is 0 Å². The number of carboxylic acid groups (broad SMARTS) is 1. The summed E-state index contributed by atoms with van der Waals surface area (Å²) in [4.78, 5) is 16.3. The summed E-state index contributed by atoms with van der Waals surface area (Å²) in [5, 5.41) is 9.56. The number of benzene rings is 2. The van der Waals surface area contributed by atoms with Crippen LogP contribution in [0.15, 0.2) is 52.9 Å². The smallest absolute Gasteiger partial charge is 0.336 e. The third-order valence-electron chi connectivity index (χ3n) is 5.74. The van der Waals surface area contributed by atoms with E-state index in [4.69, 9.17) is 18.6 Å². The quantitative estimate of drug-likeness (QED) is 0.529. The fourth-order valence-electron chi connectivity index (χ4n) is 3.90. The standard InChI is InChI=1S/C25H27NO6/c1-17-22(26-23(32-17)19-6-10-20(29-2)11-7-19)12-15-30-21-8-4-18(5-9-21)16-25(24(27)28)13-3-14-31-25/h4-11H,3,12-16H2,1-2H3,(H,27,28). The van der Waals surface area contributed by atoms with Crippen LogP contribution in [0, 0.1) is 6.92 Å². The first kappa shape index (κ1) is 21.9. The maximum Gasteiger partial charge on any atom is 0.336 e. The summed E-state index contributed by atoms with van der Waals surface area (Å²) in [5.74, 6) is 1.95. The first-order valence-electron chi connectivity index (χ1n) is 10.7. The Bertz CT molecular complexity index is 1050. The minimum atomic E-state index is -1.10. The lowest BCUT2D eigenvalue weighted by Gasteiger charge is -2.23. The molecule has 1 aliphatic rings. The number of carbonyl (C=O) groups is 1. The lowest BCUT2D eigenvalue weighted by molar-refractivity contribution is -0.159. The summed E-state index contributed by atoms with van der Waals surface area (Å²) in [6.45, 7) is 2.85. The van der Waals surface area contributed by atoms with Gasteiger partial charge in [0.2, 0.25) is 5.89 Å². The van der Waals surface area contributed by atoms with Crippen LogP contribution in [0.5, 0.6) is 11.5 Å². The number of aromatic nitrogens is 1. The zero-order valence-corrected chi connectivity index (χ0v) is 18.3. The molecular formula is C25H27NO6. The van der Waals surface area contributed by atoms with Gasteiger partial charge in [0.05, 0.1) is 19.4 Å². The van der Waals surface area contributed by atoms with Crippen LogP contribution in [0.4, 0.5) is 0 Å². The van der Waals surface area contributed by atoms with Crippen molar-refractivity contribution in [3.05, 3.63) is 65.5 Å². The van der Waals surface area contributed by atoms with Crippen molar-refractivity contribution in [3.63, 3.8) is 0 Å². The number of carboxylic acids is 1. The van der Waals surface area contributed by atoms with Gasteiger partial charge in [0.25, 0.3) is 0 Å². The number of hydrogen-bond acceptors (Lipinski definition) is 6. The largest absolute Gasteiger partial charge is 0.497 e. The van der Waals surface area contributed by atoms with E-state index < -0.39 is 11.6 Å². The molecule has 0 radical (unpaired) electrons. The van der Waals surface area contributed by atoms with Gasteiger partial charge in [-0.2, -0.15) is 0 Å². The molecule has 7 heteroatoms. The third-order valence-corrected chi connectivity index (χ3v) is 5.74. The summed E-state index contributed by atoms with van der Waals surface area (Å²) < 4.78 is 22.4. The predicted octanol–water partition coefficient (Wildman–Crippen LogP) is 4.46. The van der Waals surface area contributed by atoms with Gasteiger partial charge in [-0.1, -0.05) is 12.1 Å². The number of methoxy groups -OCH3 is 1. The van der Waals surface area contributed by atoms with Crippen LogP contribution in [-0.4, -0.2) is 42.0 Å². The van der Waals surface area contributed by atoms with E-state index in [2.05, 4.69) is 4.98 Å². The Kier molecular flexibility index (Phi) is 6.46. The average Bonchev–Trinajstić information content (AvgIpc) is 3.43. The number of aryl methyl sites for hydroxylation is 1. The highest BCUT2D eigenvalue weighted by molar-refractivity contribution is 5.78. The Labute approximate surface area is 186 Å². The van der Waals surface area contributed by atoms with E-state index in [1.165, 1.54) is 0 Å². The minimum Gasteiger partial charge on any atom is -0.497 e. The number of aliphatic carboxylic acids is 1. The first-order valence-corrected chi connectivity index (χ1v) is 10.7. The van der Waals surface area contributed by atoms with Gasteiger partial charge in [-0.3, -0.25) is 0 Å². The van der Waals surface area contributed by atoms with E-state index in [1.807, 2.05) is 55.5 Å². The van der Waals surface area contributed by atoms with Gasteiger partial charge < -0.3 is 23.7 Å². The average molecular weight is 437 g/mol. The molecule has 1 aromatic heterocycles. The molecule has 2 heterocycles. The van der Waals surface area contributed by atoms with Crippen molar-refractivity contribution in [2.45, 2.75) is 38.2 Å². The third kappa shape index (κ3) is 4.78. The molecule has 0 spiro atoms. The van der Waals surface area contributed by atoms with Crippen molar-refractivity contribution in [1.82, 2.24) is 4.98 Å². The molecule has 3 aromatic rings. The molecule has 0 amide bonds. The van der Waals surface area contributed by atoms with E-state index in [-0.39, 0.29) is 0 Å². The molecule has 7 nitrogen and oxygen atoms in total. The van der Waals surface area contributed by atoms with Gasteiger partial charge >= 0.3 is 5.97 Å². The summed E-state index contributed by atoms with van der Waals surface area (Å²) >= 11 is 0. The molecule has 1 fully saturated rings. The molecule has 1 N–H and O–H groups in total. The van der Waals surface area contributed by atoms with Crippen molar-refractivity contribution in [2.24, 2.45) is 0 Å². The number of ether oxygens (including phenoxy) is 3. The number of nitrogens with zero attached hydrogens (tertiary/aromatic N) is 1. The highest BCUT2D eigenvalue weighted by atomic mass is 16.5. The molecule has 1 aliphatic heterocycles. The van der Waals surface area contributed by atoms with E-state index >= 15 is 0 Å². The Morgan fingerprint density at radius 2 is 1.84 bits per heavy atom. The fraction of sp³-hybridized carbons (Fsp3) is 0.360. The summed E-state index contributed by atoms with van der Waals surface area (Å²) in [6.07, 6.45) is 2.28. The van der Waals surface area contributed by atoms with E-state index in [9.17, 15) is 9.90 Å². The van der Waals surface area contributed by atoms with Crippen LogP contribution in [0.1, 0.15) is 29.9 Å². The normalized spacial score (nSPS) is 17.9. The Morgan fingerprint density at radius 3 is 2.47 bits per heavy atom. The van der Waals surface area contributed by atoms with Crippen molar-refractivity contribution in [3.8, 4) is 23.0 Å². The molecule has 0 aliphatic carbocycles. The summed E-state index contributed by atoms with van der Waals surface area (Å²) in [7, 11) is 1.63. The van der Waals surface area contributed by atoms with Crippen molar-refractivity contribution < 1.29 is 28.5 Å². The van der Waals surface area contributed by atoms with Gasteiger partial charge in [-0.05, 0) is 61.7 Å². The van der Waals surface area contributed by atoms with Gasteiger partial charge in [-0.25, -0.2) is 9.78 Å². The van der Waals surface area contributed by atoms with Crippen LogP contribution in [0.2, 0.25) is 0 Å². The second-order valence-corrected chi connectivity index (χ2v) is 7.92. The molecule has 168 valence electrons. The van der Waals surface area contributed by atoms with Crippen molar-refractivity contribution in [2.75, 3.05) is 20.3 Å². The molecule has 1 saturated heterocycles. The van der Waals surface area contributed by atoms with Crippen molar-refractivity contribution >= 4 is 5.97 Å². The van der Waals surface area contributed by atoms with Gasteiger partial charge in [0.1, 0.15) is 17.3 Å². The Hall–Kier alpha value is -3.32. The number of hydrogen-bond donors (Lipinski definition) is 1. The summed E-state index contributed by atoms with van der Waals surface area (Å²) in [6, 6.07) is 15.1. The number of oxazole rings is 1. The Morgan fingerprint density at radius 1 is 1.12 bits per heavy atom. The van der Waals surface area contributed by atoms with E-state index in [0.29, 0.717) is 38.4 Å². The predicted molar refractivity (Wildman–Crippen MR) is 118 cm³/mol. The molecule has 1 unspecified atom stereocenters. The zero-order valence-electron chi connectivity index (χ0n) is 18.3. The molecule has 2 aromatic carbocycles. The van der Waals surface area contributed by atoms with Gasteiger partial charge in [0.15, 0.2) is 5.60 Å². The lowest BCUT2D eigenvalue weighted by Crippen LogP contribution is -2.40. The molecule has 32 heavy (non-hydrogen) atoms. The second-order valence-electron chi connectivity index (χ2n) is 7.92. The summed E-state index contributed by atoms with van der Waals surface area (Å²) in [5.41, 5.74) is 1.56. The topological polar surface area (TPSA) is 91.0 Å². The van der Waals surface area contributed by atoms with Crippen LogP contribution in [-0.2, 0) is 22.4 Å². The van der Waals surface area contributed by atoms with Crippen LogP contribution >= 0.6 is 0 Å². The molecular weight excluding hydrogens is 410 g/mol. The fourth-order valence-corrected chi connectivity index (χ4v) is 3.90. The lowest BCUT2D eigenvalue weighted by atomic mass is 9.92. The maximum absolute atomic E-state index is 11.7. The van der Waals surface area contributed by atoms with Crippen LogP contribution in [0.3, 0.4) is 0 Å². The SMILES string of the molecule is COc1ccc(-c2nc(CCOc3ccc(CC4(C(=O)O)CCCO4)cc3)c(C)o2)cc1. The highest BCUT2D eigenvalue weighted by Crippen LogP contribution is 2.30. The van der Waals surface area contributed by atoms with E-state index in [0.717, 1.165) is 40.5 Å².